The van der Waals surface area contributed by atoms with E-state index in [0.717, 1.165) is 19.4 Å². The molecule has 1 aliphatic heterocycles. The predicted molar refractivity (Wildman–Crippen MR) is 90.6 cm³/mol. The third-order valence-electron chi connectivity index (χ3n) is 3.45. The van der Waals surface area contributed by atoms with Crippen molar-refractivity contribution < 1.29 is 14.6 Å². The highest BCUT2D eigenvalue weighted by molar-refractivity contribution is 7.13. The topological polar surface area (TPSA) is 83.5 Å². The Morgan fingerprint density at radius 3 is 3.17 bits per heavy atom. The fourth-order valence-electron chi connectivity index (χ4n) is 2.26. The molecule has 8 heteroatoms. The molecule has 1 atom stereocenters. The first kappa shape index (κ1) is 16.0. The van der Waals surface area contributed by atoms with Crippen molar-refractivity contribution in [3.8, 4) is 5.75 Å². The minimum absolute atomic E-state index is 0.0466. The minimum Gasteiger partial charge on any atom is -0.506 e. The summed E-state index contributed by atoms with van der Waals surface area (Å²) >= 11 is 7.21. The second-order valence-corrected chi connectivity index (χ2v) is 6.46. The Labute approximate surface area is 142 Å². The van der Waals surface area contributed by atoms with Gasteiger partial charge in [-0.05, 0) is 31.0 Å². The third kappa shape index (κ3) is 4.13. The lowest BCUT2D eigenvalue weighted by Crippen LogP contribution is -2.18. The quantitative estimate of drug-likeness (QED) is 0.718. The van der Waals surface area contributed by atoms with Crippen LogP contribution in [0.15, 0.2) is 23.6 Å². The Morgan fingerprint density at radius 1 is 1.52 bits per heavy atom. The van der Waals surface area contributed by atoms with Crippen molar-refractivity contribution in [2.45, 2.75) is 18.9 Å². The highest BCUT2D eigenvalue weighted by Crippen LogP contribution is 2.27. The molecule has 1 saturated heterocycles. The van der Waals surface area contributed by atoms with Gasteiger partial charge < -0.3 is 20.5 Å². The van der Waals surface area contributed by atoms with Crippen LogP contribution in [-0.2, 0) is 4.74 Å². The summed E-state index contributed by atoms with van der Waals surface area (Å²) < 4.78 is 5.53. The summed E-state index contributed by atoms with van der Waals surface area (Å²) in [7, 11) is 0. The van der Waals surface area contributed by atoms with Crippen LogP contribution >= 0.6 is 22.9 Å². The number of hydrogen-bond acceptors (Lipinski definition) is 6. The van der Waals surface area contributed by atoms with Crippen LogP contribution in [0.3, 0.4) is 0 Å². The monoisotopic (exact) mass is 353 g/mol. The maximum Gasteiger partial charge on any atom is 0.275 e. The van der Waals surface area contributed by atoms with Crippen molar-refractivity contribution in [3.63, 3.8) is 0 Å². The summed E-state index contributed by atoms with van der Waals surface area (Å²) in [4.78, 5) is 16.4. The van der Waals surface area contributed by atoms with Gasteiger partial charge in [0, 0.05) is 23.6 Å². The fraction of sp³-hybridized carbons (Fsp3) is 0.333. The zero-order chi connectivity index (χ0) is 16.2. The van der Waals surface area contributed by atoms with Gasteiger partial charge in [0.2, 0.25) is 0 Å². The van der Waals surface area contributed by atoms with E-state index in [4.69, 9.17) is 16.3 Å². The van der Waals surface area contributed by atoms with Crippen molar-refractivity contribution >= 4 is 39.7 Å². The van der Waals surface area contributed by atoms with Crippen molar-refractivity contribution in [1.82, 2.24) is 4.98 Å². The summed E-state index contributed by atoms with van der Waals surface area (Å²) in [6, 6.07) is 4.45. The number of aromatic nitrogens is 1. The van der Waals surface area contributed by atoms with E-state index >= 15 is 0 Å². The molecular weight excluding hydrogens is 338 g/mol. The Morgan fingerprint density at radius 2 is 2.39 bits per heavy atom. The second-order valence-electron chi connectivity index (χ2n) is 5.17. The molecule has 2 aromatic rings. The minimum atomic E-state index is -0.399. The number of amides is 1. The first-order chi connectivity index (χ1) is 11.1. The van der Waals surface area contributed by atoms with Crippen LogP contribution in [0.25, 0.3) is 0 Å². The zero-order valence-electron chi connectivity index (χ0n) is 12.2. The number of phenols is 1. The molecule has 0 bridgehead atoms. The number of carbonyl (C=O) groups excluding carboxylic acids is 1. The lowest BCUT2D eigenvalue weighted by Gasteiger charge is -2.09. The normalized spacial score (nSPS) is 17.2. The summed E-state index contributed by atoms with van der Waals surface area (Å²) in [5.74, 6) is -0.446. The third-order valence-corrected chi connectivity index (χ3v) is 4.48. The van der Waals surface area contributed by atoms with Gasteiger partial charge in [0.25, 0.3) is 5.91 Å². The summed E-state index contributed by atoms with van der Waals surface area (Å²) in [6.07, 6.45) is 2.33. The number of benzene rings is 1. The van der Waals surface area contributed by atoms with Crippen molar-refractivity contribution in [2.75, 3.05) is 23.8 Å². The van der Waals surface area contributed by atoms with Gasteiger partial charge in [-0.15, -0.1) is 11.3 Å². The molecule has 23 heavy (non-hydrogen) atoms. The molecule has 0 spiro atoms. The first-order valence-corrected chi connectivity index (χ1v) is 8.48. The van der Waals surface area contributed by atoms with Gasteiger partial charge >= 0.3 is 0 Å². The summed E-state index contributed by atoms with van der Waals surface area (Å²) in [5.41, 5.74) is 0.536. The molecule has 0 aliphatic carbocycles. The van der Waals surface area contributed by atoms with Gasteiger partial charge in [-0.1, -0.05) is 11.6 Å². The highest BCUT2D eigenvalue weighted by Gasteiger charge is 2.17. The molecule has 6 nitrogen and oxygen atoms in total. The molecule has 0 saturated carbocycles. The van der Waals surface area contributed by atoms with E-state index in [0.29, 0.717) is 16.7 Å². The van der Waals surface area contributed by atoms with Gasteiger partial charge in [0.05, 0.1) is 11.8 Å². The van der Waals surface area contributed by atoms with Crippen molar-refractivity contribution in [3.05, 3.63) is 34.3 Å². The van der Waals surface area contributed by atoms with Gasteiger partial charge in [-0.2, -0.15) is 0 Å². The smallest absolute Gasteiger partial charge is 0.275 e. The maximum absolute atomic E-state index is 12.2. The zero-order valence-corrected chi connectivity index (χ0v) is 13.8. The fourth-order valence-corrected chi connectivity index (χ4v) is 3.13. The van der Waals surface area contributed by atoms with E-state index < -0.39 is 5.91 Å². The number of thiazole rings is 1. The van der Waals surface area contributed by atoms with E-state index in [1.54, 1.807) is 11.4 Å². The van der Waals surface area contributed by atoms with E-state index in [-0.39, 0.29) is 23.2 Å². The lowest BCUT2D eigenvalue weighted by molar-refractivity contribution is 0.102. The van der Waals surface area contributed by atoms with E-state index in [9.17, 15) is 9.90 Å². The highest BCUT2D eigenvalue weighted by atomic mass is 35.5. The molecule has 1 amide bonds. The molecule has 122 valence electrons. The molecular formula is C15H16ClN3O3S. The number of rotatable bonds is 5. The lowest BCUT2D eigenvalue weighted by atomic mass is 10.2. The average Bonchev–Trinajstić information content (AvgIpc) is 3.20. The molecule has 3 N–H and O–H groups in total. The largest absolute Gasteiger partial charge is 0.506 e. The molecule has 3 rings (SSSR count). The maximum atomic E-state index is 12.2. The molecule has 1 aromatic carbocycles. The van der Waals surface area contributed by atoms with Crippen LogP contribution in [0.2, 0.25) is 5.02 Å². The first-order valence-electron chi connectivity index (χ1n) is 7.22. The molecule has 1 aliphatic rings. The average molecular weight is 354 g/mol. The van der Waals surface area contributed by atoms with Crippen LogP contribution < -0.4 is 10.6 Å². The number of aromatic hydroxyl groups is 1. The predicted octanol–water partition coefficient (Wildman–Crippen LogP) is 3.35. The second kappa shape index (κ2) is 7.16. The van der Waals surface area contributed by atoms with Crippen LogP contribution in [-0.4, -0.2) is 35.3 Å². The number of nitrogens with one attached hydrogen (secondary N) is 2. The van der Waals surface area contributed by atoms with Crippen LogP contribution in [0, 0.1) is 0 Å². The number of phenolic OH excluding ortho intramolecular Hbond substituents is 1. The SMILES string of the molecule is O=C(Nc1cc(Cl)ccc1O)c1csc(NC[C@@H]2CCCO2)n1. The number of nitrogens with zero attached hydrogens (tertiary/aromatic N) is 1. The number of hydrogen-bond donors (Lipinski definition) is 3. The standard InChI is InChI=1S/C15H16ClN3O3S/c16-9-3-4-13(20)11(6-9)18-14(21)12-8-23-15(19-12)17-7-10-2-1-5-22-10/h3-4,6,8,10,20H,1-2,5,7H2,(H,17,19)(H,18,21)/t10-/m0/s1. The van der Waals surface area contributed by atoms with Crippen LogP contribution in [0.1, 0.15) is 23.3 Å². The molecule has 1 fully saturated rings. The summed E-state index contributed by atoms with van der Waals surface area (Å²) in [6.45, 7) is 1.49. The number of ether oxygens (including phenoxy) is 1. The van der Waals surface area contributed by atoms with E-state index in [1.165, 1.54) is 23.5 Å². The van der Waals surface area contributed by atoms with E-state index in [2.05, 4.69) is 15.6 Å². The molecule has 2 heterocycles. The molecule has 0 radical (unpaired) electrons. The van der Waals surface area contributed by atoms with E-state index in [1.807, 2.05) is 0 Å². The van der Waals surface area contributed by atoms with Gasteiger partial charge in [0.15, 0.2) is 5.13 Å². The summed E-state index contributed by atoms with van der Waals surface area (Å²) in [5, 5.41) is 18.3. The van der Waals surface area contributed by atoms with Crippen molar-refractivity contribution in [1.29, 1.82) is 0 Å². The van der Waals surface area contributed by atoms with Gasteiger partial charge in [-0.25, -0.2) is 4.98 Å². The number of carbonyl (C=O) groups is 1. The Hall–Kier alpha value is -1.83. The van der Waals surface area contributed by atoms with Gasteiger partial charge in [0.1, 0.15) is 11.4 Å². The number of anilines is 2. The van der Waals surface area contributed by atoms with Crippen LogP contribution in [0.4, 0.5) is 10.8 Å². The Kier molecular flexibility index (Phi) is 5.00. The van der Waals surface area contributed by atoms with Crippen molar-refractivity contribution in [2.24, 2.45) is 0 Å². The van der Waals surface area contributed by atoms with Crippen LogP contribution in [0.5, 0.6) is 5.75 Å². The Bertz CT molecular complexity index is 701. The number of halogens is 1. The molecule has 0 unspecified atom stereocenters. The Balaban J connectivity index is 1.60. The van der Waals surface area contributed by atoms with Gasteiger partial charge in [-0.3, -0.25) is 4.79 Å². The molecule has 1 aromatic heterocycles.